The van der Waals surface area contributed by atoms with Crippen LogP contribution in [0.25, 0.3) is 0 Å². The number of nitrogens with one attached hydrogen (secondary N) is 1. The van der Waals surface area contributed by atoms with Gasteiger partial charge in [0.05, 0.1) is 5.69 Å². The number of nitrogens with two attached hydrogens (primary N) is 1. The van der Waals surface area contributed by atoms with Crippen molar-refractivity contribution in [2.45, 2.75) is 12.5 Å². The van der Waals surface area contributed by atoms with Gasteiger partial charge in [-0.15, -0.1) is 0 Å². The quantitative estimate of drug-likeness (QED) is 0.656. The fourth-order valence-electron chi connectivity index (χ4n) is 2.18. The van der Waals surface area contributed by atoms with E-state index < -0.39 is 17.4 Å². The molecule has 0 aliphatic carbocycles. The second-order valence-electron chi connectivity index (χ2n) is 4.42. The van der Waals surface area contributed by atoms with Gasteiger partial charge >= 0.3 is 0 Å². The lowest BCUT2D eigenvalue weighted by atomic mass is 9.95. The third kappa shape index (κ3) is 1.41. The Labute approximate surface area is 109 Å². The Morgan fingerprint density at radius 3 is 3.21 bits per heavy atom. The first-order valence-corrected chi connectivity index (χ1v) is 5.65. The molecule has 2 heterocycles. The van der Waals surface area contributed by atoms with Gasteiger partial charge in [-0.05, 0) is 25.1 Å². The average molecular weight is 259 g/mol. The van der Waals surface area contributed by atoms with E-state index in [0.717, 1.165) is 0 Å². The molecule has 1 atom stereocenters. The highest BCUT2D eigenvalue weighted by Crippen LogP contribution is 2.37. The van der Waals surface area contributed by atoms with E-state index in [9.17, 15) is 9.59 Å². The zero-order valence-electron chi connectivity index (χ0n) is 10.1. The van der Waals surface area contributed by atoms with Gasteiger partial charge in [-0.3, -0.25) is 14.5 Å². The third-order valence-electron chi connectivity index (χ3n) is 3.31. The molecule has 7 nitrogen and oxygen atoms in total. The van der Waals surface area contributed by atoms with Crippen LogP contribution in [0.4, 0.5) is 5.69 Å². The number of anilines is 1. The number of fused-ring (bicyclic) bond motifs is 3. The van der Waals surface area contributed by atoms with E-state index >= 15 is 0 Å². The molecule has 97 valence electrons. The van der Waals surface area contributed by atoms with Crippen molar-refractivity contribution in [2.24, 2.45) is 10.8 Å². The Hall–Kier alpha value is -2.57. The van der Waals surface area contributed by atoms with Crippen LogP contribution >= 0.6 is 0 Å². The summed E-state index contributed by atoms with van der Waals surface area (Å²) in [5.41, 5.74) is 6.72. The Balaban J connectivity index is 2.23. The number of amidine groups is 1. The number of carbonyl (C=O) groups is 2. The molecule has 3 N–H and O–H groups in total. The molecule has 0 spiro atoms. The molecule has 0 saturated heterocycles. The number of hydrogen-bond donors (Lipinski definition) is 2. The molecule has 7 heteroatoms. The number of hydrazone groups is 1. The van der Waals surface area contributed by atoms with Crippen LogP contribution < -0.4 is 20.8 Å². The Bertz CT molecular complexity index is 613. The molecule has 0 fully saturated rings. The third-order valence-corrected chi connectivity index (χ3v) is 3.31. The number of amides is 2. The number of hydrogen-bond acceptors (Lipinski definition) is 5. The van der Waals surface area contributed by atoms with Gasteiger partial charge in [0, 0.05) is 0 Å². The topological polar surface area (TPSA) is 97.0 Å². The molecular formula is C12H11N4O3. The first-order chi connectivity index (χ1) is 9.05. The van der Waals surface area contributed by atoms with Crippen molar-refractivity contribution in [1.29, 1.82) is 0 Å². The molecule has 0 saturated carbocycles. The standard InChI is InChI=1S/C12H11N4O3/c1-12(10(13)17)11(18)15-14-9-6-19-8-5-3-2-4-7(8)16(9)12/h3-5H,6H2,1H3,(H2,13,17)(H,15,18)/t12-/m0/s1. The van der Waals surface area contributed by atoms with E-state index in [0.29, 0.717) is 17.3 Å². The van der Waals surface area contributed by atoms with Crippen LogP contribution in [0, 0.1) is 6.07 Å². The summed E-state index contributed by atoms with van der Waals surface area (Å²) in [7, 11) is 0. The van der Waals surface area contributed by atoms with Gasteiger partial charge in [-0.25, -0.2) is 5.43 Å². The highest BCUT2D eigenvalue weighted by molar-refractivity contribution is 6.21. The van der Waals surface area contributed by atoms with Gasteiger partial charge in [0.1, 0.15) is 12.4 Å². The molecule has 1 radical (unpaired) electrons. The van der Waals surface area contributed by atoms with Crippen LogP contribution in [0.3, 0.4) is 0 Å². The van der Waals surface area contributed by atoms with Crippen molar-refractivity contribution < 1.29 is 14.3 Å². The van der Waals surface area contributed by atoms with Gasteiger partial charge in [0.15, 0.2) is 5.84 Å². The number of ether oxygens (including phenoxy) is 1. The van der Waals surface area contributed by atoms with Crippen LogP contribution in [0.2, 0.25) is 0 Å². The predicted octanol–water partition coefficient (Wildman–Crippen LogP) is -0.627. The van der Waals surface area contributed by atoms with Crippen molar-refractivity contribution in [2.75, 3.05) is 11.5 Å². The molecule has 2 aliphatic heterocycles. The first kappa shape index (κ1) is 11.5. The maximum Gasteiger partial charge on any atom is 0.275 e. The molecule has 0 unspecified atom stereocenters. The van der Waals surface area contributed by atoms with Crippen LogP contribution in [0.1, 0.15) is 6.92 Å². The summed E-state index contributed by atoms with van der Waals surface area (Å²) >= 11 is 0. The molecule has 1 aromatic carbocycles. The van der Waals surface area contributed by atoms with Gasteiger partial charge in [0.2, 0.25) is 5.54 Å². The highest BCUT2D eigenvalue weighted by atomic mass is 16.5. The molecule has 0 aromatic heterocycles. The van der Waals surface area contributed by atoms with Crippen molar-refractivity contribution in [1.82, 2.24) is 5.43 Å². The number of carbonyl (C=O) groups excluding carboxylic acids is 2. The molecule has 2 aliphatic rings. The first-order valence-electron chi connectivity index (χ1n) is 5.65. The fourth-order valence-corrected chi connectivity index (χ4v) is 2.18. The van der Waals surface area contributed by atoms with Crippen LogP contribution in [-0.4, -0.2) is 29.8 Å². The molecule has 19 heavy (non-hydrogen) atoms. The van der Waals surface area contributed by atoms with Crippen molar-refractivity contribution in [3.05, 3.63) is 24.3 Å². The molecule has 2 amide bonds. The minimum atomic E-state index is -1.54. The summed E-state index contributed by atoms with van der Waals surface area (Å²) in [5, 5.41) is 3.91. The van der Waals surface area contributed by atoms with Gasteiger partial charge in [-0.1, -0.05) is 6.07 Å². The lowest BCUT2D eigenvalue weighted by Crippen LogP contribution is -2.69. The fraction of sp³-hybridized carbons (Fsp3) is 0.250. The number of benzene rings is 1. The molecular weight excluding hydrogens is 248 g/mol. The summed E-state index contributed by atoms with van der Waals surface area (Å²) in [4.78, 5) is 25.3. The van der Waals surface area contributed by atoms with E-state index in [4.69, 9.17) is 10.5 Å². The molecule has 3 rings (SSSR count). The minimum Gasteiger partial charge on any atom is -0.483 e. The van der Waals surface area contributed by atoms with Crippen LogP contribution in [0.15, 0.2) is 23.3 Å². The monoisotopic (exact) mass is 259 g/mol. The summed E-state index contributed by atoms with van der Waals surface area (Å²) in [6.45, 7) is 1.61. The second kappa shape index (κ2) is 3.71. The molecule has 1 aromatic rings. The zero-order chi connectivity index (χ0) is 13.6. The largest absolute Gasteiger partial charge is 0.483 e. The lowest BCUT2D eigenvalue weighted by molar-refractivity contribution is -0.134. The molecule has 0 bridgehead atoms. The van der Waals surface area contributed by atoms with Crippen molar-refractivity contribution >= 4 is 23.3 Å². The van der Waals surface area contributed by atoms with E-state index in [2.05, 4.69) is 16.6 Å². The smallest absolute Gasteiger partial charge is 0.275 e. The summed E-state index contributed by atoms with van der Waals surface area (Å²) < 4.78 is 5.51. The van der Waals surface area contributed by atoms with Gasteiger partial charge in [-0.2, -0.15) is 5.10 Å². The van der Waals surface area contributed by atoms with E-state index in [1.54, 1.807) is 18.2 Å². The van der Waals surface area contributed by atoms with E-state index in [-0.39, 0.29) is 6.61 Å². The summed E-state index contributed by atoms with van der Waals surface area (Å²) in [6, 6.07) is 7.91. The number of primary amides is 1. The summed E-state index contributed by atoms with van der Waals surface area (Å²) in [5.74, 6) is -0.345. The Kier molecular flexibility index (Phi) is 2.25. The normalized spacial score (nSPS) is 24.6. The van der Waals surface area contributed by atoms with Crippen LogP contribution in [-0.2, 0) is 9.59 Å². The number of rotatable bonds is 1. The number of nitrogens with zero attached hydrogens (tertiary/aromatic N) is 2. The highest BCUT2D eigenvalue weighted by Gasteiger charge is 2.52. The SMILES string of the molecule is C[C@]1(C(N)=O)C(=O)NN=C2COc3cc[c]cc3N21. The van der Waals surface area contributed by atoms with Gasteiger partial charge < -0.3 is 10.5 Å². The van der Waals surface area contributed by atoms with E-state index in [1.807, 2.05) is 0 Å². The predicted molar refractivity (Wildman–Crippen MR) is 66.4 cm³/mol. The maximum atomic E-state index is 12.0. The maximum absolute atomic E-state index is 12.0. The van der Waals surface area contributed by atoms with E-state index in [1.165, 1.54) is 11.8 Å². The Morgan fingerprint density at radius 1 is 1.68 bits per heavy atom. The van der Waals surface area contributed by atoms with Gasteiger partial charge in [0.25, 0.3) is 11.8 Å². The zero-order valence-corrected chi connectivity index (χ0v) is 10.1. The average Bonchev–Trinajstić information content (AvgIpc) is 2.42. The van der Waals surface area contributed by atoms with Crippen molar-refractivity contribution in [3.63, 3.8) is 0 Å². The second-order valence-corrected chi connectivity index (χ2v) is 4.42. The summed E-state index contributed by atoms with van der Waals surface area (Å²) in [6.07, 6.45) is 0. The van der Waals surface area contributed by atoms with Crippen molar-refractivity contribution in [3.8, 4) is 5.75 Å². The minimum absolute atomic E-state index is 0.153. The lowest BCUT2D eigenvalue weighted by Gasteiger charge is -2.44. The van der Waals surface area contributed by atoms with Crippen LogP contribution in [0.5, 0.6) is 5.75 Å². The Morgan fingerprint density at radius 2 is 2.47 bits per heavy atom.